The van der Waals surface area contributed by atoms with Crippen LogP contribution in [-0.4, -0.2) is 88.0 Å². The van der Waals surface area contributed by atoms with Crippen LogP contribution in [0.5, 0.6) is 23.0 Å². The average Bonchev–Trinajstić information content (AvgIpc) is 3.06. The number of rotatable bonds is 15. The van der Waals surface area contributed by atoms with Crippen molar-refractivity contribution < 1.29 is 56.9 Å². The van der Waals surface area contributed by atoms with Crippen LogP contribution in [0.4, 0.5) is 33.5 Å². The minimum atomic E-state index is -4.91. The maximum Gasteiger partial charge on any atom is 0.471 e. The molecule has 274 valence electrons. The number of nitrogens with two attached hydrogens (primary N) is 2. The third-order valence-electron chi connectivity index (χ3n) is 6.77. The molecule has 9 N–H and O–H groups in total. The molecule has 1 aliphatic rings. The number of hydrogen-bond donors (Lipinski definition) is 7. The van der Waals surface area contributed by atoms with E-state index < -0.39 is 43.9 Å². The van der Waals surface area contributed by atoms with Gasteiger partial charge in [-0.2, -0.15) is 4.98 Å². The first kappa shape index (κ1) is 39.6. The van der Waals surface area contributed by atoms with Gasteiger partial charge in [0.05, 0.1) is 27.5 Å². The Bertz CT molecular complexity index is 1690. The topological polar surface area (TPSA) is 276 Å². The maximum atomic E-state index is 14.7. The van der Waals surface area contributed by atoms with E-state index in [-0.39, 0.29) is 29.2 Å². The second-order valence-corrected chi connectivity index (χ2v) is 12.1. The average molecular weight is 727 g/mol. The molecule has 1 aliphatic heterocycles. The lowest BCUT2D eigenvalue weighted by Crippen LogP contribution is -2.53. The van der Waals surface area contributed by atoms with E-state index in [2.05, 4.69) is 30.1 Å². The molecule has 2 aromatic heterocycles. The standard InChI is InChI=1S/C23H26FN6O9P.C6H14N2O2/c1-23(2)21(31)30(11-38-40(32,33)34)20-14(39-23)6-7-17(28-20)27-19-13(24)10-25-22(29-19)26-12-8-15(35-3)18(37-5)16(9-12)36-4;7-4-2-1-3-5(8)6(9)10/h6-10H,11H2,1-5H3,(H2,32,33,34)(H2,25,26,27,28,29);5H,1-4,7-8H2,(H,9,10)/t;5-/m.0/s1. The number of nitrogens with one attached hydrogen (secondary N) is 2. The van der Waals surface area contributed by atoms with E-state index in [4.69, 9.17) is 45.3 Å². The molecule has 1 aromatic carbocycles. The zero-order chi connectivity index (χ0) is 37.2. The number of pyridine rings is 1. The van der Waals surface area contributed by atoms with Gasteiger partial charge in [0.1, 0.15) is 18.6 Å². The summed E-state index contributed by atoms with van der Waals surface area (Å²) < 4.78 is 52.1. The molecule has 1 amide bonds. The number of nitrogens with zero attached hydrogens (tertiary/aromatic N) is 4. The fraction of sp³-hybridized carbons (Fsp3) is 0.414. The summed E-state index contributed by atoms with van der Waals surface area (Å²) in [5.41, 5.74) is 9.51. The number of aliphatic carboxylic acids is 1. The summed E-state index contributed by atoms with van der Waals surface area (Å²) in [5.74, 6) is -1.48. The fourth-order valence-electron chi connectivity index (χ4n) is 4.32. The maximum absolute atomic E-state index is 14.7. The zero-order valence-corrected chi connectivity index (χ0v) is 28.8. The van der Waals surface area contributed by atoms with Crippen molar-refractivity contribution in [3.63, 3.8) is 0 Å². The first-order valence-electron chi connectivity index (χ1n) is 14.8. The summed E-state index contributed by atoms with van der Waals surface area (Å²) in [7, 11) is -0.521. The normalized spacial score (nSPS) is 14.0. The number of unbranched alkanes of at least 4 members (excludes halogenated alkanes) is 1. The number of methoxy groups -OCH3 is 3. The van der Waals surface area contributed by atoms with Crippen LogP contribution in [0.1, 0.15) is 33.1 Å². The van der Waals surface area contributed by atoms with Crippen molar-refractivity contribution in [1.82, 2.24) is 15.0 Å². The SMILES string of the molecule is COc1cc(Nc2ncc(F)c(Nc3ccc4c(n3)N(COP(=O)(O)O)C(=O)C(C)(C)O4)n2)cc(OC)c1OC.NCCCC[C@H](N)C(=O)O. The Kier molecular flexibility index (Phi) is 13.6. The van der Waals surface area contributed by atoms with Crippen molar-refractivity contribution in [3.8, 4) is 23.0 Å². The van der Waals surface area contributed by atoms with E-state index in [1.54, 1.807) is 12.1 Å². The molecule has 1 atom stereocenters. The van der Waals surface area contributed by atoms with E-state index >= 15 is 0 Å². The number of ether oxygens (including phenoxy) is 4. The van der Waals surface area contributed by atoms with Crippen molar-refractivity contribution in [3.05, 3.63) is 36.3 Å². The summed E-state index contributed by atoms with van der Waals surface area (Å²) in [6.07, 6.45) is 3.10. The Labute approximate surface area is 286 Å². The summed E-state index contributed by atoms with van der Waals surface area (Å²) in [4.78, 5) is 54.5. The van der Waals surface area contributed by atoms with Crippen molar-refractivity contribution in [2.45, 2.75) is 44.8 Å². The number of benzene rings is 1. The first-order valence-corrected chi connectivity index (χ1v) is 16.3. The number of aromatic nitrogens is 3. The van der Waals surface area contributed by atoms with Crippen LogP contribution in [0.3, 0.4) is 0 Å². The van der Waals surface area contributed by atoms with Gasteiger partial charge in [-0.15, -0.1) is 0 Å². The Hall–Kier alpha value is -4.85. The molecule has 0 aliphatic carbocycles. The molecule has 0 unspecified atom stereocenters. The smallest absolute Gasteiger partial charge is 0.471 e. The molecule has 0 bridgehead atoms. The predicted molar refractivity (Wildman–Crippen MR) is 178 cm³/mol. The van der Waals surface area contributed by atoms with Crippen molar-refractivity contribution in [1.29, 1.82) is 0 Å². The summed E-state index contributed by atoms with van der Waals surface area (Å²) >= 11 is 0. The predicted octanol–water partition coefficient (Wildman–Crippen LogP) is 2.62. The number of phosphoric ester groups is 1. The van der Waals surface area contributed by atoms with Gasteiger partial charge in [0.2, 0.25) is 11.7 Å². The lowest BCUT2D eigenvalue weighted by atomic mass is 10.1. The van der Waals surface area contributed by atoms with Crippen LogP contribution in [0, 0.1) is 5.82 Å². The Morgan fingerprint density at radius 3 is 2.32 bits per heavy atom. The third kappa shape index (κ3) is 10.6. The molecule has 3 aromatic rings. The minimum absolute atomic E-state index is 0.00747. The molecule has 0 fully saturated rings. The van der Waals surface area contributed by atoms with Gasteiger partial charge in [0.25, 0.3) is 5.91 Å². The van der Waals surface area contributed by atoms with Gasteiger partial charge in [-0.3, -0.25) is 19.0 Å². The van der Waals surface area contributed by atoms with Gasteiger partial charge >= 0.3 is 13.8 Å². The number of carboxylic acid groups (broad SMARTS) is 1. The zero-order valence-electron chi connectivity index (χ0n) is 27.9. The van der Waals surface area contributed by atoms with Crippen LogP contribution >= 0.6 is 7.82 Å². The second-order valence-electron chi connectivity index (χ2n) is 10.9. The van der Waals surface area contributed by atoms with Crippen molar-refractivity contribution >= 4 is 48.8 Å². The number of carbonyl (C=O) groups excluding carboxylic acids is 1. The van der Waals surface area contributed by atoms with Gasteiger partial charge in [-0.1, -0.05) is 6.42 Å². The quantitative estimate of drug-likeness (QED) is 0.0875. The monoisotopic (exact) mass is 726 g/mol. The summed E-state index contributed by atoms with van der Waals surface area (Å²) in [6, 6.07) is 5.40. The summed E-state index contributed by atoms with van der Waals surface area (Å²) in [6.45, 7) is 2.76. The minimum Gasteiger partial charge on any atom is -0.493 e. The van der Waals surface area contributed by atoms with Gasteiger partial charge < -0.3 is 55.9 Å². The fourth-order valence-corrected chi connectivity index (χ4v) is 4.59. The van der Waals surface area contributed by atoms with Crippen LogP contribution in [-0.2, 0) is 18.7 Å². The Balaban J connectivity index is 0.000000588. The molecule has 0 saturated carbocycles. The van der Waals surface area contributed by atoms with E-state index in [0.29, 0.717) is 35.9 Å². The highest BCUT2D eigenvalue weighted by Gasteiger charge is 2.42. The molecule has 4 rings (SSSR count). The molecular formula is C29H40FN8O11P. The van der Waals surface area contributed by atoms with Crippen LogP contribution in [0.2, 0.25) is 0 Å². The number of anilines is 5. The molecular weight excluding hydrogens is 686 g/mol. The van der Waals surface area contributed by atoms with Gasteiger partial charge in [-0.05, 0) is 45.4 Å². The number of phosphoric acid groups is 1. The van der Waals surface area contributed by atoms with E-state index in [1.165, 1.54) is 47.3 Å². The molecule has 19 nitrogen and oxygen atoms in total. The molecule has 0 saturated heterocycles. The van der Waals surface area contributed by atoms with E-state index in [9.17, 15) is 18.5 Å². The molecule has 0 radical (unpaired) electrons. The van der Waals surface area contributed by atoms with Gasteiger partial charge in [-0.25, -0.2) is 18.9 Å². The van der Waals surface area contributed by atoms with Crippen molar-refractivity contribution in [2.75, 3.05) is 50.1 Å². The van der Waals surface area contributed by atoms with Crippen LogP contribution in [0.15, 0.2) is 30.5 Å². The Morgan fingerprint density at radius 1 is 1.10 bits per heavy atom. The number of fused-ring (bicyclic) bond motifs is 1. The highest BCUT2D eigenvalue weighted by molar-refractivity contribution is 7.46. The number of hydrogen-bond acceptors (Lipinski definition) is 15. The second kappa shape index (κ2) is 17.2. The third-order valence-corrected chi connectivity index (χ3v) is 7.23. The number of amides is 1. The van der Waals surface area contributed by atoms with Crippen LogP contribution in [0.25, 0.3) is 0 Å². The highest BCUT2D eigenvalue weighted by Crippen LogP contribution is 2.42. The molecule has 3 heterocycles. The Morgan fingerprint density at radius 2 is 1.76 bits per heavy atom. The lowest BCUT2D eigenvalue weighted by Gasteiger charge is -2.37. The van der Waals surface area contributed by atoms with E-state index in [1.807, 2.05) is 0 Å². The summed E-state index contributed by atoms with van der Waals surface area (Å²) in [5, 5.41) is 14.0. The number of carboxylic acids is 1. The largest absolute Gasteiger partial charge is 0.493 e. The number of carbonyl (C=O) groups is 2. The van der Waals surface area contributed by atoms with Gasteiger partial charge in [0.15, 0.2) is 40.3 Å². The molecule has 50 heavy (non-hydrogen) atoms. The van der Waals surface area contributed by atoms with Crippen molar-refractivity contribution in [2.24, 2.45) is 11.5 Å². The lowest BCUT2D eigenvalue weighted by molar-refractivity contribution is -0.138. The van der Waals surface area contributed by atoms with E-state index in [0.717, 1.165) is 23.9 Å². The van der Waals surface area contributed by atoms with Crippen LogP contribution < -0.4 is 45.9 Å². The molecule has 0 spiro atoms. The first-order chi connectivity index (χ1) is 23.5. The highest BCUT2D eigenvalue weighted by atomic mass is 31.2. The number of halogens is 1. The molecule has 21 heteroatoms. The van der Waals surface area contributed by atoms with Gasteiger partial charge in [0, 0.05) is 17.8 Å².